The molecule has 110 valence electrons. The summed E-state index contributed by atoms with van der Waals surface area (Å²) in [6.07, 6.45) is 2.36. The van der Waals surface area contributed by atoms with E-state index in [1.807, 2.05) is 0 Å². The van der Waals surface area contributed by atoms with Gasteiger partial charge in [0, 0.05) is 31.7 Å². The summed E-state index contributed by atoms with van der Waals surface area (Å²) in [5, 5.41) is 3.63. The maximum atomic E-state index is 6.06. The monoisotopic (exact) mass is 273 g/mol. The van der Waals surface area contributed by atoms with Crippen molar-refractivity contribution in [2.75, 3.05) is 26.2 Å². The van der Waals surface area contributed by atoms with Crippen LogP contribution < -0.4 is 11.1 Å². The number of nitrogens with one attached hydrogen (secondary N) is 1. The maximum absolute atomic E-state index is 6.06. The molecular formula is C17H27N3. The van der Waals surface area contributed by atoms with Crippen LogP contribution in [0.25, 0.3) is 0 Å². The summed E-state index contributed by atoms with van der Waals surface area (Å²) in [7, 11) is 0. The summed E-state index contributed by atoms with van der Waals surface area (Å²) in [5.74, 6) is 0. The molecule has 20 heavy (non-hydrogen) atoms. The van der Waals surface area contributed by atoms with E-state index in [9.17, 15) is 0 Å². The van der Waals surface area contributed by atoms with Crippen LogP contribution in [0.15, 0.2) is 42.5 Å². The van der Waals surface area contributed by atoms with E-state index in [0.29, 0.717) is 6.54 Å². The zero-order valence-corrected chi connectivity index (χ0v) is 12.6. The molecule has 3 N–H and O–H groups in total. The van der Waals surface area contributed by atoms with Gasteiger partial charge in [0.25, 0.3) is 0 Å². The first-order valence-corrected chi connectivity index (χ1v) is 7.49. The Morgan fingerprint density at radius 2 is 2.15 bits per heavy atom. The van der Waals surface area contributed by atoms with Crippen molar-refractivity contribution in [1.82, 2.24) is 10.2 Å². The Bertz CT molecular complexity index is 429. The lowest BCUT2D eigenvalue weighted by Crippen LogP contribution is -2.61. The zero-order chi connectivity index (χ0) is 14.4. The van der Waals surface area contributed by atoms with E-state index in [1.54, 1.807) is 0 Å². The second-order valence-electron chi connectivity index (χ2n) is 6.09. The molecule has 1 aromatic rings. The normalized spacial score (nSPS) is 23.7. The lowest BCUT2D eigenvalue weighted by molar-refractivity contribution is 0.122. The number of hydrogen-bond acceptors (Lipinski definition) is 3. The summed E-state index contributed by atoms with van der Waals surface area (Å²) >= 11 is 0. The fourth-order valence-corrected chi connectivity index (χ4v) is 2.93. The van der Waals surface area contributed by atoms with Gasteiger partial charge in [0.1, 0.15) is 0 Å². The Morgan fingerprint density at radius 1 is 1.40 bits per heavy atom. The zero-order valence-electron chi connectivity index (χ0n) is 12.6. The lowest BCUT2D eigenvalue weighted by atomic mass is 9.88. The number of likely N-dealkylation sites (tertiary alicyclic amines) is 1. The Labute approximate surface area is 122 Å². The highest BCUT2D eigenvalue weighted by molar-refractivity contribution is 5.15. The maximum Gasteiger partial charge on any atom is 0.0435 e. The van der Waals surface area contributed by atoms with E-state index in [0.717, 1.165) is 38.2 Å². The summed E-state index contributed by atoms with van der Waals surface area (Å²) in [5.41, 5.74) is 8.65. The summed E-state index contributed by atoms with van der Waals surface area (Å²) in [6.45, 7) is 10.8. The molecule has 0 aromatic heterocycles. The number of benzene rings is 1. The van der Waals surface area contributed by atoms with Crippen molar-refractivity contribution in [3.05, 3.63) is 48.0 Å². The smallest absolute Gasteiger partial charge is 0.0435 e. The van der Waals surface area contributed by atoms with Gasteiger partial charge in [0.05, 0.1) is 0 Å². The third-order valence-corrected chi connectivity index (χ3v) is 4.06. The predicted octanol–water partition coefficient (Wildman–Crippen LogP) is 2.15. The predicted molar refractivity (Wildman–Crippen MR) is 85.6 cm³/mol. The van der Waals surface area contributed by atoms with Gasteiger partial charge in [-0.25, -0.2) is 0 Å². The van der Waals surface area contributed by atoms with Crippen molar-refractivity contribution in [3.63, 3.8) is 0 Å². The van der Waals surface area contributed by atoms with Crippen LogP contribution in [0, 0.1) is 0 Å². The van der Waals surface area contributed by atoms with Gasteiger partial charge in [-0.2, -0.15) is 0 Å². The largest absolute Gasteiger partial charge is 0.329 e. The third-order valence-electron chi connectivity index (χ3n) is 4.06. The van der Waals surface area contributed by atoms with Gasteiger partial charge in [-0.15, -0.1) is 0 Å². The fourth-order valence-electron chi connectivity index (χ4n) is 2.93. The van der Waals surface area contributed by atoms with Crippen LogP contribution in [-0.2, 0) is 6.54 Å². The molecule has 0 amide bonds. The topological polar surface area (TPSA) is 41.3 Å². The van der Waals surface area contributed by atoms with Crippen LogP contribution in [0.2, 0.25) is 0 Å². The van der Waals surface area contributed by atoms with Crippen molar-refractivity contribution in [3.8, 4) is 0 Å². The van der Waals surface area contributed by atoms with E-state index in [-0.39, 0.29) is 5.54 Å². The number of hydrogen-bond donors (Lipinski definition) is 2. The molecular weight excluding hydrogens is 246 g/mol. The van der Waals surface area contributed by atoms with Gasteiger partial charge < -0.3 is 11.1 Å². The molecule has 1 atom stereocenters. The van der Waals surface area contributed by atoms with Crippen LogP contribution in [0.1, 0.15) is 25.3 Å². The van der Waals surface area contributed by atoms with Crippen molar-refractivity contribution in [2.24, 2.45) is 5.73 Å². The second-order valence-corrected chi connectivity index (χ2v) is 6.09. The average Bonchev–Trinajstić information content (AvgIpc) is 2.47. The van der Waals surface area contributed by atoms with E-state index >= 15 is 0 Å². The molecule has 1 fully saturated rings. The molecule has 0 radical (unpaired) electrons. The van der Waals surface area contributed by atoms with Gasteiger partial charge in [-0.1, -0.05) is 42.5 Å². The number of rotatable bonds is 6. The molecule has 1 aliphatic heterocycles. The molecule has 0 bridgehead atoms. The average molecular weight is 273 g/mol. The highest BCUT2D eigenvalue weighted by Crippen LogP contribution is 2.22. The van der Waals surface area contributed by atoms with Crippen LogP contribution in [0.3, 0.4) is 0 Å². The quantitative estimate of drug-likeness (QED) is 0.780. The van der Waals surface area contributed by atoms with Gasteiger partial charge >= 0.3 is 0 Å². The standard InChI is InChI=1S/C17H27N3/c1-15(2)11-19-17(13-18)9-6-10-20(14-17)12-16-7-4-3-5-8-16/h3-5,7-8,19H,1,6,9-14,18H2,2H3. The summed E-state index contributed by atoms with van der Waals surface area (Å²) in [6, 6.07) is 10.7. The SMILES string of the molecule is C=C(C)CNC1(CN)CCCN(Cc2ccccc2)C1. The van der Waals surface area contributed by atoms with Crippen molar-refractivity contribution in [1.29, 1.82) is 0 Å². The van der Waals surface area contributed by atoms with E-state index in [1.165, 1.54) is 12.0 Å². The van der Waals surface area contributed by atoms with Crippen LogP contribution in [-0.4, -0.2) is 36.6 Å². The van der Waals surface area contributed by atoms with E-state index in [2.05, 4.69) is 54.1 Å². The molecule has 1 heterocycles. The first-order valence-electron chi connectivity index (χ1n) is 7.49. The molecule has 2 rings (SSSR count). The number of nitrogens with zero attached hydrogens (tertiary/aromatic N) is 1. The Kier molecular flexibility index (Phi) is 5.35. The van der Waals surface area contributed by atoms with Gasteiger partial charge in [0.2, 0.25) is 0 Å². The van der Waals surface area contributed by atoms with Crippen molar-refractivity contribution in [2.45, 2.75) is 31.8 Å². The molecule has 1 aromatic carbocycles. The molecule has 1 unspecified atom stereocenters. The van der Waals surface area contributed by atoms with Crippen LogP contribution in [0.4, 0.5) is 0 Å². The summed E-state index contributed by atoms with van der Waals surface area (Å²) in [4.78, 5) is 2.51. The minimum atomic E-state index is 0.0476. The molecule has 0 spiro atoms. The van der Waals surface area contributed by atoms with E-state index < -0.39 is 0 Å². The van der Waals surface area contributed by atoms with Crippen LogP contribution in [0.5, 0.6) is 0 Å². The van der Waals surface area contributed by atoms with Gasteiger partial charge in [-0.05, 0) is 31.9 Å². The molecule has 0 aliphatic carbocycles. The fraction of sp³-hybridized carbons (Fsp3) is 0.529. The minimum absolute atomic E-state index is 0.0476. The van der Waals surface area contributed by atoms with E-state index in [4.69, 9.17) is 5.73 Å². The minimum Gasteiger partial charge on any atom is -0.329 e. The summed E-state index contributed by atoms with van der Waals surface area (Å²) < 4.78 is 0. The first kappa shape index (κ1) is 15.2. The number of nitrogens with two attached hydrogens (primary N) is 1. The molecule has 3 heteroatoms. The molecule has 1 saturated heterocycles. The molecule has 3 nitrogen and oxygen atoms in total. The molecule has 0 saturated carbocycles. The Balaban J connectivity index is 1.97. The third kappa shape index (κ3) is 4.17. The molecule has 1 aliphatic rings. The van der Waals surface area contributed by atoms with Crippen molar-refractivity contribution >= 4 is 0 Å². The van der Waals surface area contributed by atoms with Gasteiger partial charge in [0.15, 0.2) is 0 Å². The second kappa shape index (κ2) is 7.02. The Hall–Kier alpha value is -1.16. The lowest BCUT2D eigenvalue weighted by Gasteiger charge is -2.43. The first-order chi connectivity index (χ1) is 9.63. The Morgan fingerprint density at radius 3 is 2.80 bits per heavy atom. The highest BCUT2D eigenvalue weighted by atomic mass is 15.2. The van der Waals surface area contributed by atoms with Crippen LogP contribution >= 0.6 is 0 Å². The van der Waals surface area contributed by atoms with Crippen molar-refractivity contribution < 1.29 is 0 Å². The highest BCUT2D eigenvalue weighted by Gasteiger charge is 2.33. The number of piperidine rings is 1. The van der Waals surface area contributed by atoms with Gasteiger partial charge in [-0.3, -0.25) is 4.90 Å².